The minimum Gasteiger partial charge on any atom is -0.441 e. The summed E-state index contributed by atoms with van der Waals surface area (Å²) in [4.78, 5) is 28.0. The van der Waals surface area contributed by atoms with Crippen LogP contribution in [0.3, 0.4) is 0 Å². The van der Waals surface area contributed by atoms with Gasteiger partial charge in [0, 0.05) is 36.3 Å². The smallest absolute Gasteiger partial charge is 0.319 e. The van der Waals surface area contributed by atoms with E-state index >= 15 is 0 Å². The molecule has 148 valence electrons. The fourth-order valence-corrected chi connectivity index (χ4v) is 2.58. The minimum atomic E-state index is -0.317. The summed E-state index contributed by atoms with van der Waals surface area (Å²) < 4.78 is 5.71. The first-order valence-corrected chi connectivity index (χ1v) is 9.20. The zero-order valence-electron chi connectivity index (χ0n) is 15.9. The van der Waals surface area contributed by atoms with Crippen molar-refractivity contribution in [3.8, 4) is 11.3 Å². The van der Waals surface area contributed by atoms with Crippen LogP contribution in [0.15, 0.2) is 77.9 Å². The summed E-state index contributed by atoms with van der Waals surface area (Å²) in [5, 5.41) is 8.12. The van der Waals surface area contributed by atoms with Gasteiger partial charge in [-0.1, -0.05) is 36.4 Å². The van der Waals surface area contributed by atoms with Crippen molar-refractivity contribution in [2.75, 3.05) is 17.2 Å². The number of urea groups is 1. The first-order chi connectivity index (χ1) is 14.1. The molecule has 0 unspecified atom stereocenters. The first kappa shape index (κ1) is 19.9. The maximum atomic E-state index is 12.2. The van der Waals surface area contributed by atoms with E-state index in [-0.39, 0.29) is 18.4 Å². The molecule has 3 rings (SSSR count). The van der Waals surface area contributed by atoms with Gasteiger partial charge in [-0.2, -0.15) is 0 Å². The van der Waals surface area contributed by atoms with Gasteiger partial charge in [0.2, 0.25) is 5.91 Å². The highest BCUT2D eigenvalue weighted by atomic mass is 16.4. The van der Waals surface area contributed by atoms with Gasteiger partial charge < -0.3 is 20.4 Å². The van der Waals surface area contributed by atoms with E-state index in [0.717, 1.165) is 5.56 Å². The predicted octanol–water partition coefficient (Wildman–Crippen LogP) is 4.22. The summed E-state index contributed by atoms with van der Waals surface area (Å²) in [7, 11) is 0. The first-order valence-electron chi connectivity index (χ1n) is 9.20. The van der Waals surface area contributed by atoms with E-state index in [1.54, 1.807) is 36.5 Å². The van der Waals surface area contributed by atoms with Gasteiger partial charge in [0.1, 0.15) is 0 Å². The Morgan fingerprint density at radius 3 is 2.38 bits per heavy atom. The van der Waals surface area contributed by atoms with E-state index in [1.807, 2.05) is 30.3 Å². The molecule has 29 heavy (non-hydrogen) atoms. The van der Waals surface area contributed by atoms with E-state index < -0.39 is 0 Å². The van der Waals surface area contributed by atoms with Crippen LogP contribution in [0.4, 0.5) is 16.2 Å². The number of aromatic nitrogens is 1. The largest absolute Gasteiger partial charge is 0.441 e. The molecule has 0 saturated heterocycles. The van der Waals surface area contributed by atoms with Crippen LogP contribution in [0.5, 0.6) is 0 Å². The molecule has 0 aliphatic carbocycles. The number of nitrogens with one attached hydrogen (secondary N) is 3. The van der Waals surface area contributed by atoms with Crippen molar-refractivity contribution in [2.45, 2.75) is 12.8 Å². The van der Waals surface area contributed by atoms with Crippen molar-refractivity contribution < 1.29 is 14.0 Å². The van der Waals surface area contributed by atoms with E-state index in [2.05, 4.69) is 27.5 Å². The number of hydrogen-bond donors (Lipinski definition) is 3. The van der Waals surface area contributed by atoms with Gasteiger partial charge in [0.15, 0.2) is 11.7 Å². The quantitative estimate of drug-likeness (QED) is 0.502. The van der Waals surface area contributed by atoms with Crippen LogP contribution in [0.2, 0.25) is 0 Å². The molecule has 0 aliphatic heterocycles. The molecule has 0 atom stereocenters. The van der Waals surface area contributed by atoms with Gasteiger partial charge in [-0.05, 0) is 24.3 Å². The topological polar surface area (TPSA) is 96.3 Å². The van der Waals surface area contributed by atoms with E-state index in [9.17, 15) is 9.59 Å². The van der Waals surface area contributed by atoms with E-state index in [0.29, 0.717) is 36.0 Å². The lowest BCUT2D eigenvalue weighted by Gasteiger charge is -2.08. The zero-order valence-corrected chi connectivity index (χ0v) is 15.9. The number of amides is 3. The lowest BCUT2D eigenvalue weighted by Crippen LogP contribution is -2.28. The zero-order chi connectivity index (χ0) is 20.5. The van der Waals surface area contributed by atoms with Gasteiger partial charge in [0.05, 0.1) is 6.20 Å². The summed E-state index contributed by atoms with van der Waals surface area (Å²) in [5.74, 6) is 1.05. The second-order valence-corrected chi connectivity index (χ2v) is 6.23. The number of benzene rings is 2. The SMILES string of the molecule is C=CCNC(=O)Nc1ccc(NC(=O)CCc2ncc(-c3ccccc3)o2)cc1. The van der Waals surface area contributed by atoms with Gasteiger partial charge in [-0.25, -0.2) is 9.78 Å². The molecule has 0 spiro atoms. The third-order valence-corrected chi connectivity index (χ3v) is 4.01. The maximum absolute atomic E-state index is 12.2. The molecule has 3 aromatic rings. The lowest BCUT2D eigenvalue weighted by atomic mass is 10.2. The average molecular weight is 390 g/mol. The Labute approximate surface area is 168 Å². The van der Waals surface area contributed by atoms with Crippen LogP contribution >= 0.6 is 0 Å². The van der Waals surface area contributed by atoms with E-state index in [1.165, 1.54) is 0 Å². The van der Waals surface area contributed by atoms with Crippen molar-refractivity contribution in [2.24, 2.45) is 0 Å². The van der Waals surface area contributed by atoms with Gasteiger partial charge >= 0.3 is 6.03 Å². The number of carbonyl (C=O) groups is 2. The summed E-state index contributed by atoms with van der Waals surface area (Å²) in [6.45, 7) is 3.92. The summed E-state index contributed by atoms with van der Waals surface area (Å²) in [5.41, 5.74) is 2.21. The molecular formula is C22H22N4O3. The number of hydrogen-bond acceptors (Lipinski definition) is 4. The second kappa shape index (κ2) is 9.89. The van der Waals surface area contributed by atoms with Crippen LogP contribution in [0.1, 0.15) is 12.3 Å². The number of carbonyl (C=O) groups excluding carboxylic acids is 2. The van der Waals surface area contributed by atoms with Crippen molar-refractivity contribution in [1.29, 1.82) is 0 Å². The van der Waals surface area contributed by atoms with Gasteiger partial charge in [-0.15, -0.1) is 6.58 Å². The summed E-state index contributed by atoms with van der Waals surface area (Å²) in [6.07, 6.45) is 3.92. The molecule has 0 aliphatic rings. The van der Waals surface area contributed by atoms with Crippen molar-refractivity contribution >= 4 is 23.3 Å². The molecule has 3 N–H and O–H groups in total. The minimum absolute atomic E-state index is 0.145. The standard InChI is InChI=1S/C22H22N4O3/c1-2-14-23-22(28)26-18-10-8-17(9-11-18)25-20(27)12-13-21-24-15-19(29-21)16-6-4-3-5-7-16/h2-11,15H,1,12-14H2,(H,25,27)(H2,23,26,28). The van der Waals surface area contributed by atoms with Crippen LogP contribution in [-0.2, 0) is 11.2 Å². The molecule has 2 aromatic carbocycles. The number of oxazole rings is 1. The van der Waals surface area contributed by atoms with Crippen LogP contribution in [-0.4, -0.2) is 23.5 Å². The molecule has 3 amide bonds. The highest BCUT2D eigenvalue weighted by molar-refractivity contribution is 5.92. The van der Waals surface area contributed by atoms with Gasteiger partial charge in [0.25, 0.3) is 0 Å². The molecule has 0 saturated carbocycles. The summed E-state index contributed by atoms with van der Waals surface area (Å²) >= 11 is 0. The third kappa shape index (κ3) is 6.07. The third-order valence-electron chi connectivity index (χ3n) is 4.01. The Kier molecular flexibility index (Phi) is 6.78. The average Bonchev–Trinajstić information content (AvgIpc) is 3.22. The Bertz CT molecular complexity index is 965. The highest BCUT2D eigenvalue weighted by Crippen LogP contribution is 2.20. The van der Waals surface area contributed by atoms with Crippen molar-refractivity contribution in [3.05, 3.63) is 79.3 Å². The molecular weight excluding hydrogens is 368 g/mol. The second-order valence-electron chi connectivity index (χ2n) is 6.23. The molecule has 0 fully saturated rings. The molecule has 0 radical (unpaired) electrons. The molecule has 7 heteroatoms. The predicted molar refractivity (Wildman–Crippen MR) is 113 cm³/mol. The molecule has 1 aromatic heterocycles. The molecule has 1 heterocycles. The molecule has 0 bridgehead atoms. The van der Waals surface area contributed by atoms with E-state index in [4.69, 9.17) is 4.42 Å². The fourth-order valence-electron chi connectivity index (χ4n) is 2.58. The summed E-state index contributed by atoms with van der Waals surface area (Å²) in [6, 6.07) is 16.2. The maximum Gasteiger partial charge on any atom is 0.319 e. The lowest BCUT2D eigenvalue weighted by molar-refractivity contribution is -0.116. The Balaban J connectivity index is 1.46. The number of anilines is 2. The molecule has 7 nitrogen and oxygen atoms in total. The van der Waals surface area contributed by atoms with Crippen LogP contribution < -0.4 is 16.0 Å². The van der Waals surface area contributed by atoms with Crippen molar-refractivity contribution in [3.63, 3.8) is 0 Å². The number of rotatable bonds is 8. The number of nitrogens with zero attached hydrogens (tertiary/aromatic N) is 1. The Morgan fingerprint density at radius 2 is 1.69 bits per heavy atom. The van der Waals surface area contributed by atoms with Gasteiger partial charge in [-0.3, -0.25) is 4.79 Å². The Morgan fingerprint density at radius 1 is 1.00 bits per heavy atom. The normalized spacial score (nSPS) is 10.2. The Hall–Kier alpha value is -3.87. The number of aryl methyl sites for hydroxylation is 1. The van der Waals surface area contributed by atoms with Crippen LogP contribution in [0.25, 0.3) is 11.3 Å². The van der Waals surface area contributed by atoms with Crippen LogP contribution in [0, 0.1) is 0 Å². The fraction of sp³-hybridized carbons (Fsp3) is 0.136. The monoisotopic (exact) mass is 390 g/mol. The highest BCUT2D eigenvalue weighted by Gasteiger charge is 2.09. The van der Waals surface area contributed by atoms with Crippen molar-refractivity contribution in [1.82, 2.24) is 10.3 Å².